The number of carbonyl (C=O) groups is 1. The van der Waals surface area contributed by atoms with Gasteiger partial charge in [-0.2, -0.15) is 13.2 Å². The summed E-state index contributed by atoms with van der Waals surface area (Å²) in [5.41, 5.74) is 12.5. The van der Waals surface area contributed by atoms with Crippen LogP contribution in [0, 0.1) is 17.8 Å². The van der Waals surface area contributed by atoms with Gasteiger partial charge in [-0.25, -0.2) is 18.7 Å². The molecule has 4 N–H and O–H groups in total. The van der Waals surface area contributed by atoms with Crippen LogP contribution in [0.25, 0.3) is 5.78 Å². The molecule has 1 amide bonds. The van der Waals surface area contributed by atoms with Gasteiger partial charge in [0.05, 0.1) is 29.8 Å². The van der Waals surface area contributed by atoms with Crippen molar-refractivity contribution in [2.45, 2.75) is 69.0 Å². The molecule has 2 aliphatic carbocycles. The summed E-state index contributed by atoms with van der Waals surface area (Å²) < 4.78 is 67.8. The number of rotatable bonds is 7. The standard InChI is InChI=1S/C21H26F5N5O/c22-20(23)6-3-12(4-7-20)17(27)15-10-31-8-5-14(29-19(31)30-15)16(11-1-2-11)13(18(28)32)9-21(24,25)26/h5,8,10-13,16-17H,1-4,6-7,9,27H2,(H2,28,32)/t13?,16-,17-/m0/s1. The molecule has 2 heterocycles. The molecule has 0 aromatic carbocycles. The van der Waals surface area contributed by atoms with Crippen LogP contribution in [0.15, 0.2) is 18.5 Å². The minimum atomic E-state index is -4.53. The molecule has 0 saturated heterocycles. The van der Waals surface area contributed by atoms with E-state index in [1.54, 1.807) is 22.9 Å². The zero-order valence-electron chi connectivity index (χ0n) is 17.4. The van der Waals surface area contributed by atoms with Crippen LogP contribution >= 0.6 is 0 Å². The van der Waals surface area contributed by atoms with Gasteiger partial charge in [0.15, 0.2) is 0 Å². The molecule has 2 fully saturated rings. The summed E-state index contributed by atoms with van der Waals surface area (Å²) in [7, 11) is 0. The van der Waals surface area contributed by atoms with Gasteiger partial charge < -0.3 is 11.5 Å². The molecular weight excluding hydrogens is 433 g/mol. The molecule has 2 saturated carbocycles. The van der Waals surface area contributed by atoms with Crippen molar-refractivity contribution < 1.29 is 26.7 Å². The lowest BCUT2D eigenvalue weighted by molar-refractivity contribution is -0.155. The third-order valence-corrected chi connectivity index (χ3v) is 6.70. The van der Waals surface area contributed by atoms with Gasteiger partial charge in [-0.05, 0) is 43.6 Å². The largest absolute Gasteiger partial charge is 0.389 e. The Bertz CT molecular complexity index is 977. The second-order valence-electron chi connectivity index (χ2n) is 9.14. The van der Waals surface area contributed by atoms with E-state index in [0.29, 0.717) is 37.1 Å². The summed E-state index contributed by atoms with van der Waals surface area (Å²) >= 11 is 0. The van der Waals surface area contributed by atoms with E-state index in [1.165, 1.54) is 0 Å². The molecule has 2 aromatic heterocycles. The number of primary amides is 1. The first-order chi connectivity index (χ1) is 14.9. The third kappa shape index (κ3) is 5.02. The lowest BCUT2D eigenvalue weighted by Crippen LogP contribution is -2.34. The second kappa shape index (κ2) is 8.24. The molecule has 176 valence electrons. The molecule has 0 spiro atoms. The SMILES string of the molecule is NC(=O)C(CC(F)(F)F)[C@@H](c1ccn2cc([C@@H](N)C3CCC(F)(F)CC3)nc2n1)C1CC1. The van der Waals surface area contributed by atoms with Crippen LogP contribution in [0.5, 0.6) is 0 Å². The van der Waals surface area contributed by atoms with Crippen molar-refractivity contribution in [2.75, 3.05) is 0 Å². The van der Waals surface area contributed by atoms with E-state index < -0.39 is 42.3 Å². The maximum atomic E-state index is 13.5. The van der Waals surface area contributed by atoms with Gasteiger partial charge in [-0.15, -0.1) is 0 Å². The highest BCUT2D eigenvalue weighted by atomic mass is 19.4. The molecule has 0 radical (unpaired) electrons. The molecular formula is C21H26F5N5O. The molecule has 2 aliphatic rings. The summed E-state index contributed by atoms with van der Waals surface area (Å²) in [4.78, 5) is 20.8. The van der Waals surface area contributed by atoms with Crippen LogP contribution in [0.2, 0.25) is 0 Å². The molecule has 0 aliphatic heterocycles. The van der Waals surface area contributed by atoms with Crippen molar-refractivity contribution in [3.63, 3.8) is 0 Å². The summed E-state index contributed by atoms with van der Waals surface area (Å²) in [6, 6.07) is 1.04. The van der Waals surface area contributed by atoms with Gasteiger partial charge >= 0.3 is 6.18 Å². The zero-order chi connectivity index (χ0) is 23.3. The van der Waals surface area contributed by atoms with Crippen LogP contribution in [-0.4, -0.2) is 32.4 Å². The molecule has 1 unspecified atom stereocenters. The fourth-order valence-corrected chi connectivity index (χ4v) is 4.80. The second-order valence-corrected chi connectivity index (χ2v) is 9.14. The van der Waals surface area contributed by atoms with Gasteiger partial charge in [-0.1, -0.05) is 0 Å². The molecule has 3 atom stereocenters. The predicted molar refractivity (Wildman–Crippen MR) is 106 cm³/mol. The minimum absolute atomic E-state index is 0.0922. The Kier molecular flexibility index (Phi) is 5.89. The van der Waals surface area contributed by atoms with Crippen molar-refractivity contribution in [3.05, 3.63) is 29.8 Å². The summed E-state index contributed by atoms with van der Waals surface area (Å²) in [6.45, 7) is 0. The van der Waals surface area contributed by atoms with E-state index in [0.717, 1.165) is 0 Å². The Hall–Kier alpha value is -2.30. The van der Waals surface area contributed by atoms with Crippen molar-refractivity contribution >= 4 is 11.7 Å². The molecule has 4 rings (SSSR count). The number of carbonyl (C=O) groups excluding carboxylic acids is 1. The van der Waals surface area contributed by atoms with Crippen LogP contribution in [0.4, 0.5) is 22.0 Å². The van der Waals surface area contributed by atoms with Gasteiger partial charge in [0.2, 0.25) is 17.6 Å². The number of alkyl halides is 5. The Balaban J connectivity index is 1.59. The van der Waals surface area contributed by atoms with E-state index >= 15 is 0 Å². The first-order valence-electron chi connectivity index (χ1n) is 10.8. The minimum Gasteiger partial charge on any atom is -0.369 e. The van der Waals surface area contributed by atoms with Crippen molar-refractivity contribution in [1.82, 2.24) is 14.4 Å². The number of fused-ring (bicyclic) bond motifs is 1. The number of nitrogens with two attached hydrogens (primary N) is 2. The summed E-state index contributed by atoms with van der Waals surface area (Å²) in [5.74, 6) is -5.78. The monoisotopic (exact) mass is 459 g/mol. The molecule has 2 aromatic rings. The highest BCUT2D eigenvalue weighted by Gasteiger charge is 2.46. The summed E-state index contributed by atoms with van der Waals surface area (Å²) in [5, 5.41) is 0. The van der Waals surface area contributed by atoms with Gasteiger partial charge in [0.25, 0.3) is 0 Å². The van der Waals surface area contributed by atoms with Crippen molar-refractivity contribution in [2.24, 2.45) is 29.2 Å². The zero-order valence-corrected chi connectivity index (χ0v) is 17.4. The number of hydrogen-bond acceptors (Lipinski definition) is 4. The molecule has 6 nitrogen and oxygen atoms in total. The van der Waals surface area contributed by atoms with E-state index in [4.69, 9.17) is 11.5 Å². The maximum Gasteiger partial charge on any atom is 0.389 e. The predicted octanol–water partition coefficient (Wildman–Crippen LogP) is 4.10. The number of halogens is 5. The highest BCUT2D eigenvalue weighted by molar-refractivity contribution is 5.78. The van der Waals surface area contributed by atoms with Crippen LogP contribution in [0.3, 0.4) is 0 Å². The van der Waals surface area contributed by atoms with Crippen molar-refractivity contribution in [3.8, 4) is 0 Å². The number of amides is 1. The Labute approximate surface area is 181 Å². The van der Waals surface area contributed by atoms with Crippen molar-refractivity contribution in [1.29, 1.82) is 0 Å². The molecule has 32 heavy (non-hydrogen) atoms. The summed E-state index contributed by atoms with van der Waals surface area (Å²) in [6.07, 6.45) is -0.964. The molecule has 11 heteroatoms. The number of nitrogens with zero attached hydrogens (tertiary/aromatic N) is 3. The van der Waals surface area contributed by atoms with Crippen LogP contribution < -0.4 is 11.5 Å². The van der Waals surface area contributed by atoms with E-state index in [-0.39, 0.29) is 30.5 Å². The quantitative estimate of drug-likeness (QED) is 0.609. The Morgan fingerprint density at radius 3 is 2.31 bits per heavy atom. The number of aromatic nitrogens is 3. The average Bonchev–Trinajstić information content (AvgIpc) is 3.43. The van der Waals surface area contributed by atoms with Gasteiger partial charge in [0.1, 0.15) is 0 Å². The smallest absolute Gasteiger partial charge is 0.369 e. The normalized spacial score (nSPS) is 22.6. The molecule has 0 bridgehead atoms. The van der Waals surface area contributed by atoms with Gasteiger partial charge in [0, 0.05) is 31.2 Å². The Morgan fingerprint density at radius 2 is 1.75 bits per heavy atom. The van der Waals surface area contributed by atoms with E-state index in [9.17, 15) is 26.7 Å². The maximum absolute atomic E-state index is 13.5. The van der Waals surface area contributed by atoms with E-state index in [2.05, 4.69) is 9.97 Å². The average molecular weight is 459 g/mol. The first kappa shape index (κ1) is 22.9. The van der Waals surface area contributed by atoms with Crippen LogP contribution in [-0.2, 0) is 4.79 Å². The van der Waals surface area contributed by atoms with Crippen LogP contribution in [0.1, 0.15) is 68.3 Å². The number of imidazole rings is 1. The highest BCUT2D eigenvalue weighted by Crippen LogP contribution is 2.48. The first-order valence-corrected chi connectivity index (χ1v) is 10.8. The Morgan fingerprint density at radius 1 is 1.12 bits per heavy atom. The fourth-order valence-electron chi connectivity index (χ4n) is 4.80. The third-order valence-electron chi connectivity index (χ3n) is 6.70. The van der Waals surface area contributed by atoms with Gasteiger partial charge in [-0.3, -0.25) is 9.20 Å². The topological polar surface area (TPSA) is 99.3 Å². The lowest BCUT2D eigenvalue weighted by atomic mass is 9.81. The number of hydrogen-bond donors (Lipinski definition) is 2. The van der Waals surface area contributed by atoms with E-state index in [1.807, 2.05) is 0 Å². The lowest BCUT2D eigenvalue weighted by Gasteiger charge is -2.31. The fraction of sp³-hybridized carbons (Fsp3) is 0.667.